The van der Waals surface area contributed by atoms with Gasteiger partial charge < -0.3 is 14.8 Å². The van der Waals surface area contributed by atoms with Crippen molar-refractivity contribution in [3.05, 3.63) is 70.8 Å². The molecular formula is C21H21ClN2O3. The first-order valence-corrected chi connectivity index (χ1v) is 8.89. The number of halogens is 1. The molecule has 27 heavy (non-hydrogen) atoms. The number of hydrogen-bond acceptors (Lipinski definition) is 5. The SMILES string of the molecule is C=CCc1cc(Cl)cc(CC(=O)OCNc2ccc(C#N)cc2)c1OCC. The number of ether oxygens (including phenoxy) is 2. The van der Waals surface area contributed by atoms with E-state index in [4.69, 9.17) is 26.3 Å². The Bertz CT molecular complexity index is 842. The fourth-order valence-electron chi connectivity index (χ4n) is 2.55. The normalized spacial score (nSPS) is 9.96. The van der Waals surface area contributed by atoms with Crippen LogP contribution < -0.4 is 10.1 Å². The molecule has 2 aromatic rings. The lowest BCUT2D eigenvalue weighted by Gasteiger charge is -2.15. The van der Waals surface area contributed by atoms with Crippen LogP contribution in [0.15, 0.2) is 49.1 Å². The molecule has 140 valence electrons. The maximum Gasteiger partial charge on any atom is 0.312 e. The number of nitrogens with zero attached hydrogens (tertiary/aromatic N) is 1. The highest BCUT2D eigenvalue weighted by Crippen LogP contribution is 2.30. The van der Waals surface area contributed by atoms with Gasteiger partial charge in [-0.25, -0.2) is 0 Å². The standard InChI is InChI=1S/C21H21ClN2O3/c1-3-5-16-10-18(22)11-17(21(16)26-4-2)12-20(25)27-14-24-19-8-6-15(13-23)7-9-19/h3,6-11,24H,1,4-5,12,14H2,2H3. The topological polar surface area (TPSA) is 71.3 Å². The van der Waals surface area contributed by atoms with Crippen molar-refractivity contribution in [3.8, 4) is 11.8 Å². The zero-order valence-electron chi connectivity index (χ0n) is 15.1. The van der Waals surface area contributed by atoms with E-state index in [2.05, 4.69) is 11.9 Å². The minimum absolute atomic E-state index is 0.0226. The number of carbonyl (C=O) groups excluding carboxylic acids is 1. The third kappa shape index (κ3) is 6.05. The van der Waals surface area contributed by atoms with Crippen LogP contribution in [0.25, 0.3) is 0 Å². The van der Waals surface area contributed by atoms with Crippen molar-refractivity contribution in [1.29, 1.82) is 5.26 Å². The van der Waals surface area contributed by atoms with Gasteiger partial charge in [0.1, 0.15) is 5.75 Å². The number of nitriles is 1. The lowest BCUT2D eigenvalue weighted by atomic mass is 10.0. The predicted molar refractivity (Wildman–Crippen MR) is 106 cm³/mol. The van der Waals surface area contributed by atoms with Crippen molar-refractivity contribution < 1.29 is 14.3 Å². The monoisotopic (exact) mass is 384 g/mol. The number of hydrogen-bond donors (Lipinski definition) is 1. The molecule has 0 aliphatic heterocycles. The fourth-order valence-corrected chi connectivity index (χ4v) is 2.81. The van der Waals surface area contributed by atoms with E-state index in [1.165, 1.54) is 0 Å². The molecule has 0 spiro atoms. The second-order valence-electron chi connectivity index (χ2n) is 5.68. The van der Waals surface area contributed by atoms with Crippen molar-refractivity contribution in [2.24, 2.45) is 0 Å². The largest absolute Gasteiger partial charge is 0.493 e. The van der Waals surface area contributed by atoms with Gasteiger partial charge in [-0.05, 0) is 55.3 Å². The summed E-state index contributed by atoms with van der Waals surface area (Å²) >= 11 is 6.17. The van der Waals surface area contributed by atoms with Crippen LogP contribution in [-0.2, 0) is 22.4 Å². The Morgan fingerprint density at radius 1 is 1.30 bits per heavy atom. The molecule has 2 aromatic carbocycles. The first-order valence-electron chi connectivity index (χ1n) is 8.52. The Kier molecular flexibility index (Phi) is 7.72. The van der Waals surface area contributed by atoms with Crippen LogP contribution in [-0.4, -0.2) is 19.3 Å². The van der Waals surface area contributed by atoms with Crippen LogP contribution in [0.5, 0.6) is 5.75 Å². The summed E-state index contributed by atoms with van der Waals surface area (Å²) in [6.07, 6.45) is 2.41. The van der Waals surface area contributed by atoms with Gasteiger partial charge in [0.05, 0.1) is 24.7 Å². The number of anilines is 1. The molecule has 0 amide bonds. The number of nitrogens with one attached hydrogen (secondary N) is 1. The van der Waals surface area contributed by atoms with Crippen LogP contribution >= 0.6 is 11.6 Å². The van der Waals surface area contributed by atoms with Crippen molar-refractivity contribution >= 4 is 23.3 Å². The molecule has 0 atom stereocenters. The zero-order chi connectivity index (χ0) is 19.6. The minimum Gasteiger partial charge on any atom is -0.493 e. The van der Waals surface area contributed by atoms with Crippen molar-refractivity contribution in [3.63, 3.8) is 0 Å². The smallest absolute Gasteiger partial charge is 0.312 e. The van der Waals surface area contributed by atoms with Gasteiger partial charge in [0.25, 0.3) is 0 Å². The van der Waals surface area contributed by atoms with Crippen LogP contribution in [0, 0.1) is 11.3 Å². The summed E-state index contributed by atoms with van der Waals surface area (Å²) < 4.78 is 11.0. The van der Waals surface area contributed by atoms with Crippen molar-refractivity contribution in [2.45, 2.75) is 19.8 Å². The van der Waals surface area contributed by atoms with E-state index < -0.39 is 5.97 Å². The van der Waals surface area contributed by atoms with Gasteiger partial charge in [0, 0.05) is 16.3 Å². The highest BCUT2D eigenvalue weighted by molar-refractivity contribution is 6.30. The van der Waals surface area contributed by atoms with E-state index in [1.54, 1.807) is 36.4 Å². The van der Waals surface area contributed by atoms with E-state index in [-0.39, 0.29) is 13.2 Å². The van der Waals surface area contributed by atoms with Gasteiger partial charge in [0.15, 0.2) is 6.73 Å². The Morgan fingerprint density at radius 2 is 2.00 bits per heavy atom. The van der Waals surface area contributed by atoms with Gasteiger partial charge >= 0.3 is 5.97 Å². The zero-order valence-corrected chi connectivity index (χ0v) is 15.9. The predicted octanol–water partition coefficient (Wildman–Crippen LogP) is 4.49. The molecular weight excluding hydrogens is 364 g/mol. The lowest BCUT2D eigenvalue weighted by Crippen LogP contribution is -2.15. The summed E-state index contributed by atoms with van der Waals surface area (Å²) in [5, 5.41) is 12.3. The van der Waals surface area contributed by atoms with Gasteiger partial charge in [-0.3, -0.25) is 4.79 Å². The maximum absolute atomic E-state index is 12.2. The van der Waals surface area contributed by atoms with Gasteiger partial charge in [-0.15, -0.1) is 6.58 Å². The first-order chi connectivity index (χ1) is 13.1. The van der Waals surface area contributed by atoms with E-state index >= 15 is 0 Å². The molecule has 0 bridgehead atoms. The van der Waals surface area contributed by atoms with E-state index in [0.717, 1.165) is 11.3 Å². The summed E-state index contributed by atoms with van der Waals surface area (Å²) in [7, 11) is 0. The third-order valence-corrected chi connectivity index (χ3v) is 3.94. The molecule has 0 heterocycles. The van der Waals surface area contributed by atoms with Gasteiger partial charge in [0.2, 0.25) is 0 Å². The summed E-state index contributed by atoms with van der Waals surface area (Å²) in [6.45, 7) is 6.13. The highest BCUT2D eigenvalue weighted by atomic mass is 35.5. The second kappa shape index (κ2) is 10.2. The summed E-state index contributed by atoms with van der Waals surface area (Å²) in [6, 6.07) is 12.4. The van der Waals surface area contributed by atoms with Crippen LogP contribution in [0.3, 0.4) is 0 Å². The number of benzene rings is 2. The van der Waals surface area contributed by atoms with E-state index in [0.29, 0.717) is 34.9 Å². The average molecular weight is 385 g/mol. The average Bonchev–Trinajstić information content (AvgIpc) is 2.65. The number of carbonyl (C=O) groups is 1. The maximum atomic E-state index is 12.2. The molecule has 5 nitrogen and oxygen atoms in total. The quantitative estimate of drug-likeness (QED) is 0.391. The first kappa shape index (κ1) is 20.3. The number of rotatable bonds is 9. The van der Waals surface area contributed by atoms with Gasteiger partial charge in [-0.1, -0.05) is 17.7 Å². The lowest BCUT2D eigenvalue weighted by molar-refractivity contribution is -0.142. The molecule has 2 rings (SSSR count). The number of esters is 1. The van der Waals surface area contributed by atoms with E-state index in [1.807, 2.05) is 19.1 Å². The molecule has 0 saturated carbocycles. The van der Waals surface area contributed by atoms with Crippen molar-refractivity contribution in [2.75, 3.05) is 18.7 Å². The number of allylic oxidation sites excluding steroid dienone is 1. The Morgan fingerprint density at radius 3 is 2.63 bits per heavy atom. The molecule has 0 saturated heterocycles. The molecule has 6 heteroatoms. The molecule has 0 unspecified atom stereocenters. The molecule has 0 fully saturated rings. The Labute approximate surface area is 164 Å². The third-order valence-electron chi connectivity index (χ3n) is 3.72. The van der Waals surface area contributed by atoms with Crippen LogP contribution in [0.1, 0.15) is 23.6 Å². The van der Waals surface area contributed by atoms with Gasteiger partial charge in [-0.2, -0.15) is 5.26 Å². The Hall–Kier alpha value is -2.97. The molecule has 0 aromatic heterocycles. The summed E-state index contributed by atoms with van der Waals surface area (Å²) in [5.41, 5.74) is 2.90. The minimum atomic E-state index is -0.399. The highest BCUT2D eigenvalue weighted by Gasteiger charge is 2.15. The fraction of sp³-hybridized carbons (Fsp3) is 0.238. The Balaban J connectivity index is 1.99. The van der Waals surface area contributed by atoms with Crippen molar-refractivity contribution in [1.82, 2.24) is 0 Å². The molecule has 0 aliphatic rings. The van der Waals surface area contributed by atoms with Crippen LogP contribution in [0.2, 0.25) is 5.02 Å². The molecule has 0 aliphatic carbocycles. The van der Waals surface area contributed by atoms with Crippen LogP contribution in [0.4, 0.5) is 5.69 Å². The second-order valence-corrected chi connectivity index (χ2v) is 6.12. The molecule has 0 radical (unpaired) electrons. The summed E-state index contributed by atoms with van der Waals surface area (Å²) in [5.74, 6) is 0.253. The van der Waals surface area contributed by atoms with E-state index in [9.17, 15) is 4.79 Å². The molecule has 1 N–H and O–H groups in total. The summed E-state index contributed by atoms with van der Waals surface area (Å²) in [4.78, 5) is 12.2.